The van der Waals surface area contributed by atoms with Gasteiger partial charge in [-0.25, -0.2) is 4.79 Å². The monoisotopic (exact) mass is 836 g/mol. The molecule has 16 atom stereocenters. The number of hydrogen-bond acceptors (Lipinski definition) is 14. The standard InChI is InChI=1S/C46H68N4O10/c1-7-42(55)22-27-23-45(40(53)58-4,36-30(14-18-48(24-27)26-42)29-12-9-10-13-33(29)47-36)31-21-32-34(20-28(31)25-51)50(60-6)39-44(32)16-19-49-17-11-15-43(8-2,38(44)49)35(37(52)57-3)46(39,56)41(54)59-5/h11,15,25,27-29,31-35,38-39,47,55-56H,7-10,12-14,16-24,26H2,1-6H3/t27?,28?,29?,31?,32?,33?,34?,35-,38-,39-,42+,43+,44?,45+,46-/m1/s1. The second-order valence-corrected chi connectivity index (χ2v) is 20.2. The molecular formula is C46H68N4O10. The summed E-state index contributed by atoms with van der Waals surface area (Å²) in [7, 11) is 5.54. The summed E-state index contributed by atoms with van der Waals surface area (Å²) in [5.41, 5.74) is -4.15. The van der Waals surface area contributed by atoms with E-state index in [1.54, 1.807) is 5.06 Å². The van der Waals surface area contributed by atoms with E-state index in [9.17, 15) is 24.6 Å². The van der Waals surface area contributed by atoms with Gasteiger partial charge in [-0.3, -0.25) is 19.4 Å². The second kappa shape index (κ2) is 15.1. The van der Waals surface area contributed by atoms with Crippen molar-refractivity contribution in [3.63, 3.8) is 0 Å². The fraction of sp³-hybridized carbons (Fsp3) is 0.826. The Kier molecular flexibility index (Phi) is 10.7. The number of rotatable bonds is 8. The zero-order valence-corrected chi connectivity index (χ0v) is 36.5. The summed E-state index contributed by atoms with van der Waals surface area (Å²) in [6.07, 6.45) is 13.5. The lowest BCUT2D eigenvalue weighted by Crippen LogP contribution is -2.79. The van der Waals surface area contributed by atoms with Crippen LogP contribution in [0.15, 0.2) is 23.4 Å². The third kappa shape index (κ3) is 5.51. The first kappa shape index (κ1) is 42.4. The molecule has 2 bridgehead atoms. The van der Waals surface area contributed by atoms with E-state index in [2.05, 4.69) is 15.1 Å². The number of ether oxygens (including phenoxy) is 3. The highest BCUT2D eigenvalue weighted by atomic mass is 16.7. The zero-order valence-electron chi connectivity index (χ0n) is 36.5. The van der Waals surface area contributed by atoms with Crippen LogP contribution in [0, 0.1) is 51.8 Å². The van der Waals surface area contributed by atoms with Crippen molar-refractivity contribution >= 4 is 24.2 Å². The van der Waals surface area contributed by atoms with Crippen molar-refractivity contribution < 1.29 is 48.4 Å². The highest BCUT2D eigenvalue weighted by Gasteiger charge is 2.84. The molecule has 6 aliphatic heterocycles. The van der Waals surface area contributed by atoms with E-state index in [1.807, 2.05) is 26.0 Å². The number of hydroxylamine groups is 2. The number of piperidine rings is 1. The van der Waals surface area contributed by atoms with E-state index in [-0.39, 0.29) is 35.8 Å². The van der Waals surface area contributed by atoms with Crippen molar-refractivity contribution in [1.29, 1.82) is 0 Å². The molecule has 14 heteroatoms. The van der Waals surface area contributed by atoms with Gasteiger partial charge in [0.1, 0.15) is 17.6 Å². The Morgan fingerprint density at radius 3 is 2.38 bits per heavy atom. The smallest absolute Gasteiger partial charge is 0.340 e. The van der Waals surface area contributed by atoms with E-state index in [0.29, 0.717) is 64.6 Å². The van der Waals surface area contributed by atoms with Crippen LogP contribution < -0.4 is 5.32 Å². The maximum Gasteiger partial charge on any atom is 0.340 e. The zero-order chi connectivity index (χ0) is 42.6. The van der Waals surface area contributed by atoms with Crippen molar-refractivity contribution in [2.24, 2.45) is 51.8 Å². The Morgan fingerprint density at radius 2 is 1.70 bits per heavy atom. The van der Waals surface area contributed by atoms with E-state index in [1.165, 1.54) is 34.0 Å². The van der Waals surface area contributed by atoms with Crippen molar-refractivity contribution in [1.82, 2.24) is 20.2 Å². The highest BCUT2D eigenvalue weighted by molar-refractivity contribution is 5.90. The Balaban J connectivity index is 1.27. The van der Waals surface area contributed by atoms with Gasteiger partial charge in [-0.05, 0) is 94.1 Å². The number of nitrogens with zero attached hydrogens (tertiary/aromatic N) is 3. The Bertz CT molecular complexity index is 1830. The lowest BCUT2D eigenvalue weighted by Gasteiger charge is -2.64. The van der Waals surface area contributed by atoms with E-state index < -0.39 is 69.2 Å². The number of esters is 3. The molecule has 0 aromatic carbocycles. The van der Waals surface area contributed by atoms with Crippen LogP contribution in [0.2, 0.25) is 0 Å². The molecule has 3 aliphatic carbocycles. The minimum atomic E-state index is -2.39. The molecule has 0 radical (unpaired) electrons. The summed E-state index contributed by atoms with van der Waals surface area (Å²) in [6.45, 7) is 7.48. The summed E-state index contributed by atoms with van der Waals surface area (Å²) in [5, 5.41) is 31.2. The lowest BCUT2D eigenvalue weighted by atomic mass is 9.42. The summed E-state index contributed by atoms with van der Waals surface area (Å²) in [6, 6.07) is -1.57. The lowest BCUT2D eigenvalue weighted by molar-refractivity contribution is -0.272. The average molecular weight is 837 g/mol. The van der Waals surface area contributed by atoms with Gasteiger partial charge in [0.05, 0.1) is 40.1 Å². The first-order valence-corrected chi connectivity index (χ1v) is 22.9. The summed E-state index contributed by atoms with van der Waals surface area (Å²) < 4.78 is 17.0. The van der Waals surface area contributed by atoms with E-state index in [4.69, 9.17) is 19.0 Å². The maximum absolute atomic E-state index is 15.4. The summed E-state index contributed by atoms with van der Waals surface area (Å²) in [5.74, 6) is -4.45. The minimum absolute atomic E-state index is 0.0489. The third-order valence-corrected chi connectivity index (χ3v) is 18.3. The third-order valence-electron chi connectivity index (χ3n) is 18.3. The number of carbonyl (C=O) groups is 4. The fourth-order valence-corrected chi connectivity index (χ4v) is 16.3. The second-order valence-electron chi connectivity index (χ2n) is 20.2. The highest BCUT2D eigenvalue weighted by Crippen LogP contribution is 2.73. The normalized spacial score (nSPS) is 48.2. The topological polar surface area (TPSA) is 167 Å². The first-order valence-electron chi connectivity index (χ1n) is 22.9. The van der Waals surface area contributed by atoms with Gasteiger partial charge in [-0.2, -0.15) is 5.06 Å². The fourth-order valence-electron chi connectivity index (χ4n) is 16.3. The van der Waals surface area contributed by atoms with Gasteiger partial charge in [-0.15, -0.1) is 0 Å². The van der Waals surface area contributed by atoms with Crippen molar-refractivity contribution in [2.75, 3.05) is 61.2 Å². The molecule has 1 spiro atoms. The molecule has 9 aliphatic rings. The van der Waals surface area contributed by atoms with Crippen molar-refractivity contribution in [2.45, 2.75) is 126 Å². The number of hydrogen-bond donors (Lipinski definition) is 3. The van der Waals surface area contributed by atoms with Gasteiger partial charge in [-0.1, -0.05) is 38.8 Å². The first-order chi connectivity index (χ1) is 28.8. The quantitative estimate of drug-likeness (QED) is 0.141. The summed E-state index contributed by atoms with van der Waals surface area (Å²) >= 11 is 0. The molecule has 0 amide bonds. The van der Waals surface area contributed by atoms with Gasteiger partial charge in [0.2, 0.25) is 0 Å². The van der Waals surface area contributed by atoms with E-state index in [0.717, 1.165) is 57.2 Å². The largest absolute Gasteiger partial charge is 0.469 e. The van der Waals surface area contributed by atoms with Gasteiger partial charge in [0.25, 0.3) is 0 Å². The molecule has 9 rings (SSSR count). The van der Waals surface area contributed by atoms with Crippen LogP contribution >= 0.6 is 0 Å². The predicted molar refractivity (Wildman–Crippen MR) is 218 cm³/mol. The van der Waals surface area contributed by atoms with Crippen molar-refractivity contribution in [3.05, 3.63) is 23.4 Å². The molecule has 3 saturated heterocycles. The molecule has 9 unspecified atom stereocenters. The van der Waals surface area contributed by atoms with Crippen LogP contribution in [-0.2, 0) is 38.2 Å². The molecule has 3 N–H and O–H groups in total. The van der Waals surface area contributed by atoms with Crippen LogP contribution in [0.4, 0.5) is 0 Å². The Labute approximate surface area is 354 Å². The maximum atomic E-state index is 15.4. The molecule has 3 saturated carbocycles. The molecule has 14 nitrogen and oxygen atoms in total. The van der Waals surface area contributed by atoms with Crippen LogP contribution in [0.25, 0.3) is 0 Å². The van der Waals surface area contributed by atoms with Gasteiger partial charge < -0.3 is 39.4 Å². The molecular weight excluding hydrogens is 769 g/mol. The SMILES string of the molecule is CC[C@]1(O)CC2CN(CCC3=C(NC4CCCCC34)[C@@](C(=O)OC)(C3CC4C(CC3C=O)N(OC)[C@@H]3C45CCN4CC=C[C@@](CC)([C@@H](C(=O)OC)[C@]3(O)C(=O)OC)[C@@H]45)C2)C1. The number of aldehydes is 1. The number of nitrogens with one attached hydrogen (secondary N) is 1. The van der Waals surface area contributed by atoms with Gasteiger partial charge in [0, 0.05) is 72.7 Å². The molecule has 0 aromatic rings. The van der Waals surface area contributed by atoms with Crippen LogP contribution in [0.1, 0.15) is 90.9 Å². The number of carbonyl (C=O) groups excluding carboxylic acids is 4. The van der Waals surface area contributed by atoms with Gasteiger partial charge >= 0.3 is 17.9 Å². The van der Waals surface area contributed by atoms with E-state index >= 15 is 4.79 Å². The molecule has 332 valence electrons. The molecule has 60 heavy (non-hydrogen) atoms. The van der Waals surface area contributed by atoms with Crippen LogP contribution in [0.3, 0.4) is 0 Å². The van der Waals surface area contributed by atoms with Crippen LogP contribution in [-0.4, -0.2) is 146 Å². The molecule has 0 aromatic heterocycles. The van der Waals surface area contributed by atoms with Gasteiger partial charge in [0.15, 0.2) is 5.60 Å². The number of methoxy groups -OCH3 is 3. The molecule has 6 fully saturated rings. The minimum Gasteiger partial charge on any atom is -0.469 e. The number of fused-ring (bicyclic) bond motifs is 5. The Hall–Kier alpha value is -2.88. The van der Waals surface area contributed by atoms with Crippen molar-refractivity contribution in [3.8, 4) is 0 Å². The summed E-state index contributed by atoms with van der Waals surface area (Å²) in [4.78, 5) is 69.3. The number of aliphatic hydroxyl groups is 2. The predicted octanol–water partition coefficient (Wildman–Crippen LogP) is 3.01. The Morgan fingerprint density at radius 1 is 0.933 bits per heavy atom. The molecule has 6 heterocycles. The van der Waals surface area contributed by atoms with Crippen LogP contribution in [0.5, 0.6) is 0 Å². The average Bonchev–Trinajstić information content (AvgIpc) is 3.94.